The molecular weight excluding hydrogens is 274 g/mol. The van der Waals surface area contributed by atoms with Crippen LogP contribution < -0.4 is 10.5 Å². The molecule has 0 saturated carbocycles. The molecule has 2 aromatic heterocycles. The molecule has 0 bridgehead atoms. The van der Waals surface area contributed by atoms with Crippen molar-refractivity contribution in [1.29, 1.82) is 0 Å². The maximum Gasteiger partial charge on any atom is 0.252 e. The quantitative estimate of drug-likeness (QED) is 0.769. The Bertz CT molecular complexity index is 632. The summed E-state index contributed by atoms with van der Waals surface area (Å²) in [7, 11) is -3.61. The second kappa shape index (κ2) is 4.67. The van der Waals surface area contributed by atoms with Gasteiger partial charge in [-0.3, -0.25) is 5.10 Å². The third kappa shape index (κ3) is 2.52. The Hall–Kier alpha value is -1.45. The van der Waals surface area contributed by atoms with E-state index in [1.54, 1.807) is 26.2 Å². The second-order valence-corrected chi connectivity index (χ2v) is 6.74. The monoisotopic (exact) mass is 287 g/mol. The first kappa shape index (κ1) is 13.0. The van der Waals surface area contributed by atoms with Crippen molar-refractivity contribution in [2.75, 3.05) is 5.73 Å². The van der Waals surface area contributed by atoms with Gasteiger partial charge in [-0.05, 0) is 13.8 Å². The number of aromatic amines is 1. The molecule has 0 aliphatic heterocycles. The van der Waals surface area contributed by atoms with Crippen LogP contribution in [0.25, 0.3) is 0 Å². The van der Waals surface area contributed by atoms with Crippen LogP contribution in [-0.2, 0) is 10.0 Å². The molecule has 0 spiro atoms. The van der Waals surface area contributed by atoms with Crippen molar-refractivity contribution in [3.8, 4) is 0 Å². The molecule has 7 nitrogen and oxygen atoms in total. The lowest BCUT2D eigenvalue weighted by molar-refractivity contribution is 0.568. The van der Waals surface area contributed by atoms with Gasteiger partial charge in [-0.1, -0.05) is 11.3 Å². The summed E-state index contributed by atoms with van der Waals surface area (Å²) in [6.45, 7) is 3.35. The van der Waals surface area contributed by atoms with Crippen LogP contribution in [-0.4, -0.2) is 23.6 Å². The van der Waals surface area contributed by atoms with Crippen LogP contribution >= 0.6 is 11.3 Å². The highest BCUT2D eigenvalue weighted by Gasteiger charge is 2.24. The van der Waals surface area contributed by atoms with Crippen LogP contribution in [0.1, 0.15) is 24.2 Å². The van der Waals surface area contributed by atoms with E-state index in [4.69, 9.17) is 5.73 Å². The lowest BCUT2D eigenvalue weighted by atomic mass is 10.2. The van der Waals surface area contributed by atoms with Gasteiger partial charge in [-0.25, -0.2) is 18.1 Å². The molecule has 1 unspecified atom stereocenters. The van der Waals surface area contributed by atoms with Crippen LogP contribution in [0.5, 0.6) is 0 Å². The van der Waals surface area contributed by atoms with Gasteiger partial charge >= 0.3 is 0 Å². The number of thiazole rings is 1. The Morgan fingerprint density at radius 3 is 2.78 bits per heavy atom. The minimum absolute atomic E-state index is 0.148. The minimum atomic E-state index is -3.61. The number of nitrogen functional groups attached to an aromatic ring is 1. The Kier molecular flexibility index (Phi) is 3.37. The molecule has 0 fully saturated rings. The molecule has 0 radical (unpaired) electrons. The Balaban J connectivity index is 2.25. The molecule has 0 saturated heterocycles. The van der Waals surface area contributed by atoms with E-state index >= 15 is 0 Å². The van der Waals surface area contributed by atoms with Crippen molar-refractivity contribution < 1.29 is 8.42 Å². The molecule has 0 aliphatic carbocycles. The zero-order chi connectivity index (χ0) is 13.3. The third-order valence-corrected chi connectivity index (χ3v) is 5.50. The van der Waals surface area contributed by atoms with Crippen molar-refractivity contribution in [2.24, 2.45) is 0 Å². The number of aryl methyl sites for hydroxylation is 1. The van der Waals surface area contributed by atoms with Gasteiger partial charge < -0.3 is 5.73 Å². The third-order valence-electron chi connectivity index (χ3n) is 2.37. The Labute approximate surface area is 108 Å². The average Bonchev–Trinajstić information content (AvgIpc) is 2.86. The van der Waals surface area contributed by atoms with Crippen LogP contribution in [0.4, 0.5) is 5.13 Å². The van der Waals surface area contributed by atoms with Gasteiger partial charge in [-0.2, -0.15) is 5.10 Å². The molecule has 18 heavy (non-hydrogen) atoms. The molecule has 2 heterocycles. The van der Waals surface area contributed by atoms with E-state index < -0.39 is 10.0 Å². The first-order valence-electron chi connectivity index (χ1n) is 5.14. The average molecular weight is 287 g/mol. The molecule has 4 N–H and O–H groups in total. The Morgan fingerprint density at radius 1 is 1.56 bits per heavy atom. The maximum absolute atomic E-state index is 12.1. The molecule has 2 rings (SSSR count). The zero-order valence-corrected chi connectivity index (χ0v) is 11.5. The van der Waals surface area contributed by atoms with Gasteiger partial charge in [0.1, 0.15) is 0 Å². The SMILES string of the molecule is Cc1nc(N)sc1S(=O)(=O)NC(C)c1cn[nH]c1. The number of sulfonamides is 1. The smallest absolute Gasteiger partial charge is 0.252 e. The van der Waals surface area contributed by atoms with E-state index in [1.807, 2.05) is 0 Å². The van der Waals surface area contributed by atoms with Crippen molar-refractivity contribution in [3.63, 3.8) is 0 Å². The molecule has 2 aromatic rings. The molecule has 9 heteroatoms. The van der Waals surface area contributed by atoms with E-state index in [0.717, 1.165) is 16.9 Å². The van der Waals surface area contributed by atoms with Crippen molar-refractivity contribution in [1.82, 2.24) is 19.9 Å². The minimum Gasteiger partial charge on any atom is -0.375 e. The number of rotatable bonds is 4. The van der Waals surface area contributed by atoms with Gasteiger partial charge in [0.05, 0.1) is 11.9 Å². The van der Waals surface area contributed by atoms with E-state index in [-0.39, 0.29) is 15.4 Å². The van der Waals surface area contributed by atoms with Gasteiger partial charge in [0.25, 0.3) is 10.0 Å². The van der Waals surface area contributed by atoms with Gasteiger partial charge in [0, 0.05) is 17.8 Å². The number of nitrogens with two attached hydrogens (primary N) is 1. The summed E-state index contributed by atoms with van der Waals surface area (Å²) in [5.41, 5.74) is 6.67. The van der Waals surface area contributed by atoms with Crippen molar-refractivity contribution in [3.05, 3.63) is 23.7 Å². The number of anilines is 1. The maximum atomic E-state index is 12.1. The topological polar surface area (TPSA) is 114 Å². The number of nitrogens with one attached hydrogen (secondary N) is 2. The van der Waals surface area contributed by atoms with Crippen molar-refractivity contribution >= 4 is 26.5 Å². The Morgan fingerprint density at radius 2 is 2.28 bits per heavy atom. The van der Waals surface area contributed by atoms with Crippen LogP contribution in [0.2, 0.25) is 0 Å². The van der Waals surface area contributed by atoms with Crippen LogP contribution in [0.3, 0.4) is 0 Å². The standard InChI is InChI=1S/C9H13N5O2S2/c1-5(7-3-11-12-4-7)14-18(15,16)8-6(2)13-9(10)17-8/h3-5,14H,1-2H3,(H2,10,13)(H,11,12). The summed E-state index contributed by atoms with van der Waals surface area (Å²) in [6.07, 6.45) is 3.21. The highest BCUT2D eigenvalue weighted by molar-refractivity contribution is 7.91. The molecule has 0 aromatic carbocycles. The number of hydrogen-bond acceptors (Lipinski definition) is 6. The fourth-order valence-corrected chi connectivity index (χ4v) is 4.05. The lowest BCUT2D eigenvalue weighted by Gasteiger charge is -2.11. The summed E-state index contributed by atoms with van der Waals surface area (Å²) in [5.74, 6) is 0. The summed E-state index contributed by atoms with van der Waals surface area (Å²) in [5, 5.41) is 6.65. The largest absolute Gasteiger partial charge is 0.375 e. The van der Waals surface area contributed by atoms with E-state index in [0.29, 0.717) is 5.69 Å². The summed E-state index contributed by atoms with van der Waals surface area (Å²) >= 11 is 0.953. The molecule has 98 valence electrons. The summed E-state index contributed by atoms with van der Waals surface area (Å²) < 4.78 is 27.0. The predicted molar refractivity (Wildman–Crippen MR) is 68.6 cm³/mol. The fraction of sp³-hybridized carbons (Fsp3) is 0.333. The normalized spacial score (nSPS) is 13.7. The number of hydrogen-bond donors (Lipinski definition) is 3. The molecule has 0 amide bonds. The molecular formula is C9H13N5O2S2. The number of aromatic nitrogens is 3. The molecule has 0 aliphatic rings. The number of nitrogens with zero attached hydrogens (tertiary/aromatic N) is 2. The predicted octanol–water partition coefficient (Wildman–Crippen LogP) is 0.796. The first-order valence-corrected chi connectivity index (χ1v) is 7.44. The lowest BCUT2D eigenvalue weighted by Crippen LogP contribution is -2.26. The highest BCUT2D eigenvalue weighted by atomic mass is 32.2. The fourth-order valence-electron chi connectivity index (χ4n) is 1.50. The zero-order valence-electron chi connectivity index (χ0n) is 9.84. The van der Waals surface area contributed by atoms with E-state index in [9.17, 15) is 8.42 Å². The van der Waals surface area contributed by atoms with E-state index in [2.05, 4.69) is 19.9 Å². The highest BCUT2D eigenvalue weighted by Crippen LogP contribution is 2.26. The summed E-state index contributed by atoms with van der Waals surface area (Å²) in [6, 6.07) is -0.378. The first-order chi connectivity index (χ1) is 8.40. The number of H-pyrrole nitrogens is 1. The van der Waals surface area contributed by atoms with Crippen molar-refractivity contribution in [2.45, 2.75) is 24.1 Å². The van der Waals surface area contributed by atoms with Gasteiger partial charge in [0.15, 0.2) is 9.34 Å². The second-order valence-electron chi connectivity index (χ2n) is 3.80. The summed E-state index contributed by atoms with van der Waals surface area (Å²) in [4.78, 5) is 3.91. The van der Waals surface area contributed by atoms with E-state index in [1.165, 1.54) is 0 Å². The van der Waals surface area contributed by atoms with Crippen LogP contribution in [0.15, 0.2) is 16.6 Å². The van der Waals surface area contributed by atoms with Gasteiger partial charge in [-0.15, -0.1) is 0 Å². The van der Waals surface area contributed by atoms with Gasteiger partial charge in [0.2, 0.25) is 0 Å². The molecule has 1 atom stereocenters. The van der Waals surface area contributed by atoms with Crippen LogP contribution in [0, 0.1) is 6.92 Å².